The molecule has 0 aromatic heterocycles. The molecule has 3 saturated heterocycles. The van der Waals surface area contributed by atoms with Crippen LogP contribution in [0.3, 0.4) is 0 Å². The van der Waals surface area contributed by atoms with E-state index in [1.807, 2.05) is 0 Å². The Morgan fingerprint density at radius 3 is 1.96 bits per heavy atom. The second-order valence-electron chi connectivity index (χ2n) is 6.84. The van der Waals surface area contributed by atoms with Gasteiger partial charge in [-0.3, -0.25) is 9.59 Å². The van der Waals surface area contributed by atoms with Crippen LogP contribution in [0.25, 0.3) is 0 Å². The number of esters is 2. The highest BCUT2D eigenvalue weighted by Gasteiger charge is 2.50. The van der Waals surface area contributed by atoms with Gasteiger partial charge < -0.3 is 40.2 Å². The lowest BCUT2D eigenvalue weighted by Gasteiger charge is -2.41. The number of carbonyl (C=O) groups excluding carboxylic acids is 2. The first-order chi connectivity index (χ1) is 12.5. The van der Waals surface area contributed by atoms with Gasteiger partial charge in [-0.1, -0.05) is 0 Å². The van der Waals surface area contributed by atoms with Crippen LogP contribution < -0.4 is 10.6 Å². The van der Waals surface area contributed by atoms with Crippen molar-refractivity contribution in [3.8, 4) is 0 Å². The fourth-order valence-electron chi connectivity index (χ4n) is 3.52. The minimum Gasteiger partial charge on any atom is -0.454 e. The molecule has 7 atom stereocenters. The van der Waals surface area contributed by atoms with Gasteiger partial charge in [0.25, 0.3) is 0 Å². The van der Waals surface area contributed by atoms with Crippen molar-refractivity contribution < 1.29 is 39.1 Å². The van der Waals surface area contributed by atoms with Gasteiger partial charge in [0, 0.05) is 0 Å². The van der Waals surface area contributed by atoms with Crippen LogP contribution in [0.2, 0.25) is 0 Å². The lowest BCUT2D eigenvalue weighted by Crippen LogP contribution is -2.62. The monoisotopic (exact) mass is 374 g/mol. The number of nitrogens with one attached hydrogen (secondary N) is 2. The van der Waals surface area contributed by atoms with Gasteiger partial charge in [-0.15, -0.1) is 0 Å². The van der Waals surface area contributed by atoms with Crippen LogP contribution in [0.15, 0.2) is 0 Å². The number of aliphatic hydroxyl groups excluding tert-OH is 3. The molecular weight excluding hydrogens is 348 g/mol. The summed E-state index contributed by atoms with van der Waals surface area (Å²) in [6.07, 6.45) is -4.10. The zero-order chi connectivity index (χ0) is 18.7. The maximum atomic E-state index is 12.3. The Labute approximate surface area is 150 Å². The van der Waals surface area contributed by atoms with E-state index in [1.165, 1.54) is 0 Å². The fraction of sp³-hybridized carbons (Fsp3) is 0.875. The Balaban J connectivity index is 1.71. The molecule has 0 aromatic rings. The van der Waals surface area contributed by atoms with Crippen LogP contribution in [0, 0.1) is 0 Å². The molecule has 0 radical (unpaired) electrons. The normalized spacial score (nSPS) is 40.3. The lowest BCUT2D eigenvalue weighted by molar-refractivity contribution is -0.294. The van der Waals surface area contributed by atoms with E-state index in [-0.39, 0.29) is 0 Å². The zero-order valence-electron chi connectivity index (χ0n) is 14.4. The molecule has 0 amide bonds. The molecule has 0 spiro atoms. The van der Waals surface area contributed by atoms with Crippen molar-refractivity contribution in [3.05, 3.63) is 0 Å². The molecule has 3 aliphatic heterocycles. The average molecular weight is 374 g/mol. The van der Waals surface area contributed by atoms with E-state index in [4.69, 9.17) is 14.2 Å². The van der Waals surface area contributed by atoms with Crippen molar-refractivity contribution in [2.45, 2.75) is 68.5 Å². The lowest BCUT2D eigenvalue weighted by atomic mass is 9.98. The second-order valence-corrected chi connectivity index (χ2v) is 6.84. The third-order valence-electron chi connectivity index (χ3n) is 5.01. The highest BCUT2D eigenvalue weighted by atomic mass is 16.7. The summed E-state index contributed by atoms with van der Waals surface area (Å²) in [5.41, 5.74) is 0. The highest BCUT2D eigenvalue weighted by Crippen LogP contribution is 2.26. The molecule has 3 aliphatic rings. The topological polar surface area (TPSA) is 147 Å². The summed E-state index contributed by atoms with van der Waals surface area (Å²) in [7, 11) is 0. The number of carbonyl (C=O) groups is 2. The van der Waals surface area contributed by atoms with Gasteiger partial charge in [-0.25, -0.2) is 0 Å². The molecule has 10 heteroatoms. The summed E-state index contributed by atoms with van der Waals surface area (Å²) in [5.74, 6) is -1.21. The molecule has 3 rings (SSSR count). The van der Waals surface area contributed by atoms with E-state index in [0.717, 1.165) is 12.8 Å². The smallest absolute Gasteiger partial charge is 0.323 e. The maximum Gasteiger partial charge on any atom is 0.323 e. The summed E-state index contributed by atoms with van der Waals surface area (Å²) >= 11 is 0. The molecule has 3 fully saturated rings. The third-order valence-corrected chi connectivity index (χ3v) is 5.01. The van der Waals surface area contributed by atoms with Crippen LogP contribution in [-0.2, 0) is 23.8 Å². The Morgan fingerprint density at radius 1 is 0.962 bits per heavy atom. The number of aliphatic hydroxyl groups is 3. The molecule has 3 heterocycles. The molecule has 0 aromatic carbocycles. The van der Waals surface area contributed by atoms with E-state index in [9.17, 15) is 24.9 Å². The molecule has 0 bridgehead atoms. The summed E-state index contributed by atoms with van der Waals surface area (Å²) in [5, 5.41) is 35.8. The van der Waals surface area contributed by atoms with Crippen molar-refractivity contribution in [1.29, 1.82) is 0 Å². The van der Waals surface area contributed by atoms with Crippen LogP contribution in [0.5, 0.6) is 0 Å². The first-order valence-electron chi connectivity index (χ1n) is 9.01. The zero-order valence-corrected chi connectivity index (χ0v) is 14.4. The van der Waals surface area contributed by atoms with E-state index in [0.29, 0.717) is 25.9 Å². The van der Waals surface area contributed by atoms with E-state index in [1.54, 1.807) is 0 Å². The molecular formula is C16H26N2O8. The molecule has 148 valence electrons. The predicted octanol–water partition coefficient (Wildman–Crippen LogP) is -2.62. The largest absolute Gasteiger partial charge is 0.454 e. The van der Waals surface area contributed by atoms with E-state index < -0.39 is 61.3 Å². The Kier molecular flexibility index (Phi) is 6.43. The molecule has 26 heavy (non-hydrogen) atoms. The molecule has 0 aliphatic carbocycles. The number of hydrogen-bond donors (Lipinski definition) is 5. The standard InChI is InChI=1S/C16H26N2O8/c19-7-10-11(20)12(25-14(21)8-3-1-5-17-8)13(16(23)24-10)26-15(22)9-4-2-6-18-9/h8-13,16-20,23H,1-7H2/t8-,9-,10+,11+,12-,13+,16?/m0/s1. The third kappa shape index (κ3) is 4.16. The summed E-state index contributed by atoms with van der Waals surface area (Å²) in [6, 6.07) is -1.02. The van der Waals surface area contributed by atoms with Gasteiger partial charge in [0.2, 0.25) is 0 Å². The predicted molar refractivity (Wildman–Crippen MR) is 85.8 cm³/mol. The number of rotatable bonds is 5. The first-order valence-corrected chi connectivity index (χ1v) is 9.01. The van der Waals surface area contributed by atoms with Crippen LogP contribution in [0.4, 0.5) is 0 Å². The highest BCUT2D eigenvalue weighted by molar-refractivity contribution is 5.77. The molecule has 1 unspecified atom stereocenters. The van der Waals surface area contributed by atoms with Gasteiger partial charge in [0.1, 0.15) is 24.3 Å². The maximum absolute atomic E-state index is 12.3. The van der Waals surface area contributed by atoms with Crippen LogP contribution in [-0.4, -0.2) is 89.7 Å². The number of hydrogen-bond acceptors (Lipinski definition) is 10. The van der Waals surface area contributed by atoms with E-state index >= 15 is 0 Å². The number of ether oxygens (including phenoxy) is 3. The Morgan fingerprint density at radius 2 is 1.50 bits per heavy atom. The molecule has 10 nitrogen and oxygen atoms in total. The average Bonchev–Trinajstić information content (AvgIpc) is 3.33. The SMILES string of the molecule is O=C(O[C@H]1[C@H](O)[C@@H](CO)OC(O)[C@@H]1OC(=O)[C@@H]1CCCN1)[C@@H]1CCCN1. The van der Waals surface area contributed by atoms with Gasteiger partial charge in [0.15, 0.2) is 18.5 Å². The van der Waals surface area contributed by atoms with Crippen molar-refractivity contribution in [1.82, 2.24) is 10.6 Å². The summed E-state index contributed by atoms with van der Waals surface area (Å²) in [4.78, 5) is 24.6. The van der Waals surface area contributed by atoms with E-state index in [2.05, 4.69) is 10.6 Å². The second kappa shape index (κ2) is 8.59. The van der Waals surface area contributed by atoms with Crippen molar-refractivity contribution in [2.75, 3.05) is 19.7 Å². The van der Waals surface area contributed by atoms with Gasteiger partial charge in [0.05, 0.1) is 6.61 Å². The quantitative estimate of drug-likeness (QED) is 0.324. The first kappa shape index (κ1) is 19.5. The summed E-state index contributed by atoms with van der Waals surface area (Å²) < 4.78 is 15.8. The molecule has 0 saturated carbocycles. The van der Waals surface area contributed by atoms with Crippen molar-refractivity contribution >= 4 is 11.9 Å². The van der Waals surface area contributed by atoms with Crippen LogP contribution in [0.1, 0.15) is 25.7 Å². The summed E-state index contributed by atoms with van der Waals surface area (Å²) in [6.45, 7) is 0.785. The minimum atomic E-state index is -1.63. The van der Waals surface area contributed by atoms with Crippen molar-refractivity contribution in [2.24, 2.45) is 0 Å². The molecule has 5 N–H and O–H groups in total. The minimum absolute atomic E-state index is 0.511. The van der Waals surface area contributed by atoms with Crippen LogP contribution >= 0.6 is 0 Å². The van der Waals surface area contributed by atoms with Gasteiger partial charge >= 0.3 is 11.9 Å². The Hall–Kier alpha value is -1.30. The Bertz CT molecular complexity index is 506. The van der Waals surface area contributed by atoms with Crippen molar-refractivity contribution in [3.63, 3.8) is 0 Å². The fourth-order valence-corrected chi connectivity index (χ4v) is 3.52. The van der Waals surface area contributed by atoms with Gasteiger partial charge in [-0.2, -0.15) is 0 Å². The van der Waals surface area contributed by atoms with Gasteiger partial charge in [-0.05, 0) is 38.8 Å².